The number of esters is 1. The van der Waals surface area contributed by atoms with Gasteiger partial charge in [0.15, 0.2) is 0 Å². The summed E-state index contributed by atoms with van der Waals surface area (Å²) in [5.41, 5.74) is 1.20. The van der Waals surface area contributed by atoms with Crippen molar-refractivity contribution in [2.75, 3.05) is 12.0 Å². The van der Waals surface area contributed by atoms with E-state index in [0.29, 0.717) is 17.1 Å². The molecule has 164 valence electrons. The summed E-state index contributed by atoms with van der Waals surface area (Å²) in [4.78, 5) is 29.5. The van der Waals surface area contributed by atoms with E-state index in [2.05, 4.69) is 9.71 Å². The number of hydrogen-bond donors (Lipinski definition) is 1. The lowest BCUT2D eigenvalue weighted by Gasteiger charge is -2.17. The number of fused-ring (bicyclic) bond motifs is 1. The number of carbonyl (C=O) groups excluding carboxylic acids is 1. The predicted octanol–water partition coefficient (Wildman–Crippen LogP) is 2.15. The van der Waals surface area contributed by atoms with Crippen molar-refractivity contribution in [1.29, 1.82) is 0 Å². The van der Waals surface area contributed by atoms with E-state index in [1.54, 1.807) is 43.3 Å². The van der Waals surface area contributed by atoms with Crippen LogP contribution in [0.5, 0.6) is 0 Å². The number of pyridine rings is 1. The molecule has 1 atom stereocenters. The molecule has 0 amide bonds. The first-order valence-electron chi connectivity index (χ1n) is 9.53. The molecule has 0 saturated carbocycles. The molecule has 1 N–H and O–H groups in total. The van der Waals surface area contributed by atoms with Gasteiger partial charge in [0.25, 0.3) is 5.56 Å². The Bertz CT molecular complexity index is 1230. The van der Waals surface area contributed by atoms with Crippen molar-refractivity contribution in [3.63, 3.8) is 0 Å². The first-order valence-corrected chi connectivity index (χ1v) is 12.4. The molecule has 0 spiro atoms. The fourth-order valence-electron chi connectivity index (χ4n) is 3.00. The van der Waals surface area contributed by atoms with Gasteiger partial charge in [-0.25, -0.2) is 13.4 Å². The highest BCUT2D eigenvalue weighted by Crippen LogP contribution is 2.12. The van der Waals surface area contributed by atoms with Gasteiger partial charge in [-0.15, -0.1) is 0 Å². The van der Waals surface area contributed by atoms with Gasteiger partial charge < -0.3 is 4.74 Å². The minimum atomic E-state index is -3.89. The van der Waals surface area contributed by atoms with Crippen LogP contribution >= 0.6 is 11.8 Å². The lowest BCUT2D eigenvalue weighted by atomic mass is 10.2. The molecule has 0 saturated heterocycles. The molecule has 31 heavy (non-hydrogen) atoms. The molecule has 0 aliphatic heterocycles. The molecule has 0 aliphatic rings. The number of thioether (sulfide) groups is 1. The molecule has 8 nitrogen and oxygen atoms in total. The monoisotopic (exact) mass is 461 g/mol. The zero-order valence-electron chi connectivity index (χ0n) is 17.1. The first kappa shape index (κ1) is 23.0. The Morgan fingerprint density at radius 1 is 1.19 bits per heavy atom. The number of carbonyl (C=O) groups is 1. The smallest absolute Gasteiger partial charge is 0.324 e. The summed E-state index contributed by atoms with van der Waals surface area (Å²) >= 11 is 1.49. The Hall–Kier alpha value is -2.69. The van der Waals surface area contributed by atoms with Crippen LogP contribution in [-0.2, 0) is 26.2 Å². The van der Waals surface area contributed by atoms with Gasteiger partial charge in [0.1, 0.15) is 18.3 Å². The van der Waals surface area contributed by atoms with Gasteiger partial charge in [-0.3, -0.25) is 14.0 Å². The van der Waals surface area contributed by atoms with Gasteiger partial charge in [0.2, 0.25) is 10.0 Å². The second kappa shape index (κ2) is 10.1. The summed E-state index contributed by atoms with van der Waals surface area (Å²) in [6.07, 6.45) is 2.13. The SMILES string of the molecule is CSCCC(NS(=O)(=O)c1ccccc1)C(=O)OCc1cc(=O)n2c(C)cccc2n1. The Morgan fingerprint density at radius 3 is 2.65 bits per heavy atom. The average Bonchev–Trinajstić information content (AvgIpc) is 2.75. The molecule has 0 radical (unpaired) electrons. The minimum Gasteiger partial charge on any atom is -0.458 e. The summed E-state index contributed by atoms with van der Waals surface area (Å²) in [5.74, 6) is -0.161. The maximum absolute atomic E-state index is 12.7. The first-order chi connectivity index (χ1) is 14.8. The number of ether oxygens (including phenoxy) is 1. The molecule has 3 aromatic rings. The molecule has 2 aromatic heterocycles. The van der Waals surface area contributed by atoms with Gasteiger partial charge in [-0.2, -0.15) is 16.5 Å². The van der Waals surface area contributed by atoms with Crippen molar-refractivity contribution >= 4 is 33.4 Å². The summed E-state index contributed by atoms with van der Waals surface area (Å²) < 4.78 is 34.5. The summed E-state index contributed by atoms with van der Waals surface area (Å²) in [6.45, 7) is 1.56. The highest BCUT2D eigenvalue weighted by Gasteiger charge is 2.26. The second-order valence-corrected chi connectivity index (χ2v) is 9.52. The number of rotatable bonds is 9. The second-order valence-electron chi connectivity index (χ2n) is 6.82. The number of aromatic nitrogens is 2. The topological polar surface area (TPSA) is 107 Å². The van der Waals surface area contributed by atoms with Crippen LogP contribution in [0.15, 0.2) is 64.3 Å². The van der Waals surface area contributed by atoms with E-state index in [0.717, 1.165) is 5.69 Å². The van der Waals surface area contributed by atoms with Crippen LogP contribution in [0, 0.1) is 6.92 Å². The number of benzene rings is 1. The summed E-state index contributed by atoms with van der Waals surface area (Å²) in [7, 11) is -3.89. The number of nitrogens with zero attached hydrogens (tertiary/aromatic N) is 2. The van der Waals surface area contributed by atoms with Gasteiger partial charge in [-0.1, -0.05) is 24.3 Å². The zero-order valence-corrected chi connectivity index (χ0v) is 18.8. The molecule has 3 rings (SSSR count). The van der Waals surface area contributed by atoms with Crippen molar-refractivity contribution in [3.8, 4) is 0 Å². The Morgan fingerprint density at radius 2 is 1.94 bits per heavy atom. The molecular formula is C21H23N3O5S2. The standard InChI is InChI=1S/C21H23N3O5S2/c1-15-7-6-10-19-22-16(13-20(25)24(15)19)14-29-21(26)18(11-12-30-2)23-31(27,28)17-8-4-3-5-9-17/h3-10,13,18,23H,11-12,14H2,1-2H3. The highest BCUT2D eigenvalue weighted by molar-refractivity contribution is 7.98. The molecule has 0 aliphatic carbocycles. The minimum absolute atomic E-state index is 0.0662. The zero-order chi connectivity index (χ0) is 22.4. The fraction of sp³-hybridized carbons (Fsp3) is 0.286. The predicted molar refractivity (Wildman–Crippen MR) is 120 cm³/mol. The van der Waals surface area contributed by atoms with Crippen molar-refractivity contribution in [2.45, 2.75) is 30.9 Å². The summed E-state index contributed by atoms with van der Waals surface area (Å²) in [5, 5.41) is 0. The van der Waals surface area contributed by atoms with E-state index in [1.165, 1.54) is 34.4 Å². The van der Waals surface area contributed by atoms with E-state index in [9.17, 15) is 18.0 Å². The largest absolute Gasteiger partial charge is 0.458 e. The van der Waals surface area contributed by atoms with E-state index in [-0.39, 0.29) is 23.5 Å². The van der Waals surface area contributed by atoms with Gasteiger partial charge in [-0.05, 0) is 49.6 Å². The molecule has 0 bridgehead atoms. The maximum Gasteiger partial charge on any atom is 0.324 e. The lowest BCUT2D eigenvalue weighted by molar-refractivity contribution is -0.147. The third kappa shape index (κ3) is 5.72. The van der Waals surface area contributed by atoms with Gasteiger partial charge >= 0.3 is 5.97 Å². The Kier molecular flexibility index (Phi) is 7.47. The van der Waals surface area contributed by atoms with Crippen LogP contribution in [0.2, 0.25) is 0 Å². The average molecular weight is 462 g/mol. The Balaban J connectivity index is 1.75. The van der Waals surface area contributed by atoms with Crippen molar-refractivity contribution in [3.05, 3.63) is 76.3 Å². The normalized spacial score (nSPS) is 12.6. The van der Waals surface area contributed by atoms with Crippen LogP contribution < -0.4 is 10.3 Å². The highest BCUT2D eigenvalue weighted by atomic mass is 32.2. The van der Waals surface area contributed by atoms with Crippen molar-refractivity contribution in [1.82, 2.24) is 14.1 Å². The van der Waals surface area contributed by atoms with E-state index >= 15 is 0 Å². The molecule has 1 unspecified atom stereocenters. The van der Waals surface area contributed by atoms with Gasteiger partial charge in [0.05, 0.1) is 10.6 Å². The number of nitrogens with one attached hydrogen (secondary N) is 1. The molecule has 2 heterocycles. The van der Waals surface area contributed by atoms with E-state index in [1.807, 2.05) is 6.26 Å². The van der Waals surface area contributed by atoms with Crippen LogP contribution in [0.25, 0.3) is 5.65 Å². The van der Waals surface area contributed by atoms with Crippen LogP contribution in [-0.4, -0.2) is 41.8 Å². The van der Waals surface area contributed by atoms with Crippen LogP contribution in [0.4, 0.5) is 0 Å². The van der Waals surface area contributed by atoms with Crippen molar-refractivity contribution < 1.29 is 17.9 Å². The molecule has 10 heteroatoms. The van der Waals surface area contributed by atoms with Crippen LogP contribution in [0.1, 0.15) is 17.8 Å². The van der Waals surface area contributed by atoms with Crippen molar-refractivity contribution in [2.24, 2.45) is 0 Å². The molecular weight excluding hydrogens is 438 g/mol. The third-order valence-corrected chi connectivity index (χ3v) is 6.67. The molecule has 1 aromatic carbocycles. The van der Waals surface area contributed by atoms with Crippen LogP contribution in [0.3, 0.4) is 0 Å². The quantitative estimate of drug-likeness (QED) is 0.487. The Labute approximate surface area is 184 Å². The number of aryl methyl sites for hydroxylation is 1. The maximum atomic E-state index is 12.7. The van der Waals surface area contributed by atoms with E-state index < -0.39 is 22.0 Å². The third-order valence-electron chi connectivity index (χ3n) is 4.54. The number of hydrogen-bond acceptors (Lipinski definition) is 7. The van der Waals surface area contributed by atoms with E-state index in [4.69, 9.17) is 4.74 Å². The lowest BCUT2D eigenvalue weighted by Crippen LogP contribution is -2.42. The van der Waals surface area contributed by atoms with Gasteiger partial charge in [0, 0.05) is 11.8 Å². The molecule has 0 fully saturated rings. The number of sulfonamides is 1. The fourth-order valence-corrected chi connectivity index (χ4v) is 4.71. The summed E-state index contributed by atoms with van der Waals surface area (Å²) in [6, 6.07) is 13.3.